The predicted molar refractivity (Wildman–Crippen MR) is 101 cm³/mol. The Hall–Kier alpha value is -2.63. The van der Waals surface area contributed by atoms with Crippen LogP contribution in [0, 0.1) is 0 Å². The molecule has 1 amide bonds. The zero-order valence-corrected chi connectivity index (χ0v) is 15.6. The number of amides is 1. The van der Waals surface area contributed by atoms with Crippen LogP contribution in [0.1, 0.15) is 60.4 Å². The lowest BCUT2D eigenvalue weighted by atomic mass is 9.94. The van der Waals surface area contributed by atoms with E-state index in [1.54, 1.807) is 10.9 Å². The number of carbonyl (C=O) groups is 1. The van der Waals surface area contributed by atoms with Crippen LogP contribution in [0.15, 0.2) is 30.5 Å². The zero-order valence-electron chi connectivity index (χ0n) is 15.6. The third kappa shape index (κ3) is 3.00. The molecule has 0 aromatic carbocycles. The molecule has 4 rings (SSSR count). The number of likely N-dealkylation sites (tertiary alicyclic amines) is 1. The molecular formula is C20H25N5O. The van der Waals surface area contributed by atoms with Crippen LogP contribution in [0.25, 0.3) is 11.0 Å². The van der Waals surface area contributed by atoms with Gasteiger partial charge in [-0.15, -0.1) is 0 Å². The summed E-state index contributed by atoms with van der Waals surface area (Å²) in [6, 6.07) is 8.12. The molecule has 6 nitrogen and oxygen atoms in total. The monoisotopic (exact) mass is 351 g/mol. The van der Waals surface area contributed by atoms with E-state index in [1.807, 2.05) is 24.1 Å². The molecule has 1 atom stereocenters. The summed E-state index contributed by atoms with van der Waals surface area (Å²) in [6.45, 7) is 5.72. The summed E-state index contributed by atoms with van der Waals surface area (Å²) in [7, 11) is 1.85. The minimum atomic E-state index is 0.0748. The predicted octanol–water partition coefficient (Wildman–Crippen LogP) is 3.44. The van der Waals surface area contributed by atoms with Crippen molar-refractivity contribution in [1.82, 2.24) is 24.6 Å². The van der Waals surface area contributed by atoms with Crippen molar-refractivity contribution < 1.29 is 4.79 Å². The van der Waals surface area contributed by atoms with Crippen LogP contribution < -0.4 is 0 Å². The van der Waals surface area contributed by atoms with Gasteiger partial charge in [-0.2, -0.15) is 5.10 Å². The van der Waals surface area contributed by atoms with Crippen molar-refractivity contribution in [2.45, 2.75) is 38.5 Å². The Morgan fingerprint density at radius 2 is 2.19 bits per heavy atom. The summed E-state index contributed by atoms with van der Waals surface area (Å²) in [5.74, 6) is 0.709. The van der Waals surface area contributed by atoms with Gasteiger partial charge in [-0.05, 0) is 43.0 Å². The summed E-state index contributed by atoms with van der Waals surface area (Å²) in [5.41, 5.74) is 3.72. The van der Waals surface area contributed by atoms with Crippen LogP contribution in [0.5, 0.6) is 0 Å². The van der Waals surface area contributed by atoms with Gasteiger partial charge in [0.1, 0.15) is 11.3 Å². The third-order valence-electron chi connectivity index (χ3n) is 5.27. The number of nitrogens with zero attached hydrogens (tertiary/aromatic N) is 4. The number of aryl methyl sites for hydroxylation is 1. The van der Waals surface area contributed by atoms with Gasteiger partial charge < -0.3 is 9.88 Å². The van der Waals surface area contributed by atoms with E-state index >= 15 is 0 Å². The second-order valence-electron chi connectivity index (χ2n) is 7.49. The number of fused-ring (bicyclic) bond motifs is 1. The molecule has 3 aromatic heterocycles. The van der Waals surface area contributed by atoms with E-state index in [0.29, 0.717) is 17.5 Å². The summed E-state index contributed by atoms with van der Waals surface area (Å²) in [5, 5.41) is 5.61. The zero-order chi connectivity index (χ0) is 18.3. The first kappa shape index (κ1) is 16.8. The number of hydrogen-bond donors (Lipinski definition) is 1. The standard InChI is InChI=1S/C20H25N5O/c1-13(2)16-11-18(24(3)23-16)20(26)25-9-5-7-15(12-25)17-10-14-6-4-8-21-19(14)22-17/h4,6,8,10-11,13,15H,5,7,9,12H2,1-3H3,(H,21,22)/t15-/m0/s1. The number of pyridine rings is 1. The number of piperidine rings is 1. The SMILES string of the molecule is CC(C)c1cc(C(=O)N2CCC[C@H](c3cc4cccnc4[nH]3)C2)n(C)n1. The van der Waals surface area contributed by atoms with Crippen molar-refractivity contribution in [3.05, 3.63) is 47.5 Å². The van der Waals surface area contributed by atoms with Crippen molar-refractivity contribution in [2.24, 2.45) is 7.05 Å². The van der Waals surface area contributed by atoms with E-state index in [9.17, 15) is 4.79 Å². The van der Waals surface area contributed by atoms with Crippen LogP contribution >= 0.6 is 0 Å². The van der Waals surface area contributed by atoms with Crippen LogP contribution in [0.2, 0.25) is 0 Å². The van der Waals surface area contributed by atoms with Gasteiger partial charge in [0.25, 0.3) is 5.91 Å². The van der Waals surface area contributed by atoms with Crippen LogP contribution in [-0.2, 0) is 7.05 Å². The molecule has 1 aliphatic heterocycles. The first-order valence-electron chi connectivity index (χ1n) is 9.30. The molecule has 1 N–H and O–H groups in total. The van der Waals surface area contributed by atoms with Crippen molar-refractivity contribution in [1.29, 1.82) is 0 Å². The summed E-state index contributed by atoms with van der Waals surface area (Å²) >= 11 is 0. The van der Waals surface area contributed by atoms with Crippen molar-refractivity contribution in [3.63, 3.8) is 0 Å². The second-order valence-corrected chi connectivity index (χ2v) is 7.49. The number of rotatable bonds is 3. The van der Waals surface area contributed by atoms with Crippen molar-refractivity contribution in [2.75, 3.05) is 13.1 Å². The van der Waals surface area contributed by atoms with Crippen molar-refractivity contribution in [3.8, 4) is 0 Å². The molecule has 1 saturated heterocycles. The Morgan fingerprint density at radius 3 is 2.92 bits per heavy atom. The molecule has 3 aromatic rings. The molecule has 26 heavy (non-hydrogen) atoms. The van der Waals surface area contributed by atoms with E-state index in [1.165, 1.54) is 5.69 Å². The fraction of sp³-hybridized carbons (Fsp3) is 0.450. The first-order chi connectivity index (χ1) is 12.5. The highest BCUT2D eigenvalue weighted by atomic mass is 16.2. The lowest BCUT2D eigenvalue weighted by molar-refractivity contribution is 0.0695. The fourth-order valence-corrected chi connectivity index (χ4v) is 3.75. The average molecular weight is 351 g/mol. The maximum absolute atomic E-state index is 13.0. The molecule has 136 valence electrons. The number of carbonyl (C=O) groups excluding carboxylic acids is 1. The Balaban J connectivity index is 1.55. The van der Waals surface area contributed by atoms with E-state index in [4.69, 9.17) is 0 Å². The van der Waals surface area contributed by atoms with Gasteiger partial charge in [-0.1, -0.05) is 13.8 Å². The number of aromatic nitrogens is 4. The summed E-state index contributed by atoms with van der Waals surface area (Å²) in [6.07, 6.45) is 3.89. The van der Waals surface area contributed by atoms with Gasteiger partial charge in [-0.25, -0.2) is 4.98 Å². The fourth-order valence-electron chi connectivity index (χ4n) is 3.75. The Morgan fingerprint density at radius 1 is 1.35 bits per heavy atom. The van der Waals surface area contributed by atoms with Crippen molar-refractivity contribution >= 4 is 16.9 Å². The molecule has 1 aliphatic rings. The number of aromatic amines is 1. The average Bonchev–Trinajstić information content (AvgIpc) is 3.25. The van der Waals surface area contributed by atoms with Gasteiger partial charge in [0.05, 0.1) is 5.69 Å². The maximum atomic E-state index is 13.0. The van der Waals surface area contributed by atoms with E-state index < -0.39 is 0 Å². The van der Waals surface area contributed by atoms with Crippen LogP contribution in [0.3, 0.4) is 0 Å². The third-order valence-corrected chi connectivity index (χ3v) is 5.27. The lowest BCUT2D eigenvalue weighted by Gasteiger charge is -2.32. The van der Waals surface area contributed by atoms with Gasteiger partial charge in [-0.3, -0.25) is 9.48 Å². The minimum absolute atomic E-state index is 0.0748. The molecule has 0 unspecified atom stereocenters. The summed E-state index contributed by atoms with van der Waals surface area (Å²) in [4.78, 5) is 22.8. The van der Waals surface area contributed by atoms with Gasteiger partial charge in [0.15, 0.2) is 0 Å². The Bertz CT molecular complexity index is 906. The smallest absolute Gasteiger partial charge is 0.272 e. The number of hydrogen-bond acceptors (Lipinski definition) is 3. The largest absolute Gasteiger partial charge is 0.343 e. The van der Waals surface area contributed by atoms with Gasteiger partial charge in [0.2, 0.25) is 0 Å². The Labute approximate surface area is 153 Å². The molecule has 0 spiro atoms. The van der Waals surface area contributed by atoms with E-state index in [-0.39, 0.29) is 5.91 Å². The molecule has 1 fully saturated rings. The normalized spacial score (nSPS) is 18.0. The molecule has 0 aliphatic carbocycles. The first-order valence-corrected chi connectivity index (χ1v) is 9.30. The minimum Gasteiger partial charge on any atom is -0.343 e. The Kier molecular flexibility index (Phi) is 4.26. The molecule has 4 heterocycles. The topological polar surface area (TPSA) is 66.8 Å². The van der Waals surface area contributed by atoms with Crippen LogP contribution in [0.4, 0.5) is 0 Å². The van der Waals surface area contributed by atoms with Gasteiger partial charge >= 0.3 is 0 Å². The molecule has 0 radical (unpaired) electrons. The number of nitrogens with one attached hydrogen (secondary N) is 1. The lowest BCUT2D eigenvalue weighted by Crippen LogP contribution is -2.40. The molecule has 0 saturated carbocycles. The highest BCUT2D eigenvalue weighted by molar-refractivity contribution is 5.93. The highest BCUT2D eigenvalue weighted by Crippen LogP contribution is 2.29. The second kappa shape index (κ2) is 6.59. The van der Waals surface area contributed by atoms with Crippen LogP contribution in [-0.4, -0.2) is 43.6 Å². The highest BCUT2D eigenvalue weighted by Gasteiger charge is 2.28. The maximum Gasteiger partial charge on any atom is 0.272 e. The van der Waals surface area contributed by atoms with E-state index in [2.05, 4.69) is 41.0 Å². The number of H-pyrrole nitrogens is 1. The van der Waals surface area contributed by atoms with Gasteiger partial charge in [0, 0.05) is 43.3 Å². The quantitative estimate of drug-likeness (QED) is 0.786. The molecule has 0 bridgehead atoms. The molecule has 6 heteroatoms. The summed E-state index contributed by atoms with van der Waals surface area (Å²) < 4.78 is 1.72. The molecular weight excluding hydrogens is 326 g/mol. The van der Waals surface area contributed by atoms with E-state index in [0.717, 1.165) is 42.7 Å².